The Hall–Kier alpha value is -2.73. The Balaban J connectivity index is 1.58. The highest BCUT2D eigenvalue weighted by Gasteiger charge is 2.14. The SMILES string of the molecule is O=C(Nc1ccc2c(c1)OCCCO2)NC(CO)Cc1ccccc1. The molecule has 0 bridgehead atoms. The summed E-state index contributed by atoms with van der Waals surface area (Å²) in [5, 5.41) is 15.1. The summed E-state index contributed by atoms with van der Waals surface area (Å²) < 4.78 is 11.2. The van der Waals surface area contributed by atoms with Gasteiger partial charge in [-0.05, 0) is 24.1 Å². The zero-order chi connectivity index (χ0) is 17.5. The first kappa shape index (κ1) is 17.1. The van der Waals surface area contributed by atoms with Crippen molar-refractivity contribution in [3.8, 4) is 11.5 Å². The van der Waals surface area contributed by atoms with Crippen molar-refractivity contribution in [1.29, 1.82) is 0 Å². The Kier molecular flexibility index (Phi) is 5.74. The molecular formula is C19H22N2O4. The van der Waals surface area contributed by atoms with Crippen LogP contribution in [0.5, 0.6) is 11.5 Å². The molecule has 1 heterocycles. The molecule has 1 atom stereocenters. The van der Waals surface area contributed by atoms with Gasteiger partial charge in [0, 0.05) is 18.2 Å². The molecule has 25 heavy (non-hydrogen) atoms. The smallest absolute Gasteiger partial charge is 0.319 e. The van der Waals surface area contributed by atoms with Crippen LogP contribution in [-0.2, 0) is 6.42 Å². The lowest BCUT2D eigenvalue weighted by atomic mass is 10.1. The molecule has 0 aliphatic carbocycles. The molecular weight excluding hydrogens is 320 g/mol. The summed E-state index contributed by atoms with van der Waals surface area (Å²) in [6, 6.07) is 14.3. The summed E-state index contributed by atoms with van der Waals surface area (Å²) in [6.45, 7) is 1.08. The minimum Gasteiger partial charge on any atom is -0.490 e. The number of aliphatic hydroxyl groups is 1. The van der Waals surface area contributed by atoms with Crippen molar-refractivity contribution < 1.29 is 19.4 Å². The molecule has 0 spiro atoms. The Morgan fingerprint density at radius 1 is 1.08 bits per heavy atom. The molecule has 132 valence electrons. The average molecular weight is 342 g/mol. The zero-order valence-electron chi connectivity index (χ0n) is 13.9. The predicted molar refractivity (Wildman–Crippen MR) is 95.2 cm³/mol. The fourth-order valence-electron chi connectivity index (χ4n) is 2.65. The van der Waals surface area contributed by atoms with Crippen LogP contribution in [0.3, 0.4) is 0 Å². The van der Waals surface area contributed by atoms with Gasteiger partial charge in [0.15, 0.2) is 11.5 Å². The molecule has 0 fully saturated rings. The predicted octanol–water partition coefficient (Wildman–Crippen LogP) is 2.57. The van der Waals surface area contributed by atoms with Crippen molar-refractivity contribution in [2.45, 2.75) is 18.9 Å². The van der Waals surface area contributed by atoms with Crippen molar-refractivity contribution in [2.24, 2.45) is 0 Å². The number of carbonyl (C=O) groups excluding carboxylic acids is 1. The lowest BCUT2D eigenvalue weighted by molar-refractivity contribution is 0.224. The number of fused-ring (bicyclic) bond motifs is 1. The number of amides is 2. The number of hydrogen-bond donors (Lipinski definition) is 3. The van der Waals surface area contributed by atoms with E-state index in [4.69, 9.17) is 9.47 Å². The van der Waals surface area contributed by atoms with E-state index in [1.54, 1.807) is 18.2 Å². The van der Waals surface area contributed by atoms with E-state index in [1.165, 1.54) is 0 Å². The average Bonchev–Trinajstić information content (AvgIpc) is 2.87. The molecule has 0 saturated carbocycles. The minimum absolute atomic E-state index is 0.135. The second kappa shape index (κ2) is 8.39. The van der Waals surface area contributed by atoms with Crippen LogP contribution in [0, 0.1) is 0 Å². The van der Waals surface area contributed by atoms with Gasteiger partial charge in [0.2, 0.25) is 0 Å². The Bertz CT molecular complexity index is 706. The van der Waals surface area contributed by atoms with Crippen LogP contribution in [0.15, 0.2) is 48.5 Å². The maximum absolute atomic E-state index is 12.2. The van der Waals surface area contributed by atoms with Crippen LogP contribution in [0.25, 0.3) is 0 Å². The van der Waals surface area contributed by atoms with Crippen molar-refractivity contribution in [3.05, 3.63) is 54.1 Å². The van der Waals surface area contributed by atoms with E-state index in [9.17, 15) is 9.90 Å². The topological polar surface area (TPSA) is 79.8 Å². The van der Waals surface area contributed by atoms with Gasteiger partial charge >= 0.3 is 6.03 Å². The molecule has 2 aromatic rings. The normalized spacial score (nSPS) is 14.3. The molecule has 3 N–H and O–H groups in total. The molecule has 6 heteroatoms. The fourth-order valence-corrected chi connectivity index (χ4v) is 2.65. The van der Waals surface area contributed by atoms with Crippen LogP contribution in [0.1, 0.15) is 12.0 Å². The highest BCUT2D eigenvalue weighted by atomic mass is 16.5. The van der Waals surface area contributed by atoms with E-state index in [-0.39, 0.29) is 18.7 Å². The molecule has 1 unspecified atom stereocenters. The number of nitrogens with one attached hydrogen (secondary N) is 2. The van der Waals surface area contributed by atoms with Gasteiger partial charge < -0.3 is 25.2 Å². The van der Waals surface area contributed by atoms with Crippen molar-refractivity contribution >= 4 is 11.7 Å². The Morgan fingerprint density at radius 2 is 1.84 bits per heavy atom. The van der Waals surface area contributed by atoms with Gasteiger partial charge in [0.05, 0.1) is 25.9 Å². The molecule has 3 rings (SSSR count). The van der Waals surface area contributed by atoms with Gasteiger partial charge in [0.25, 0.3) is 0 Å². The Labute approximate surface area is 146 Å². The van der Waals surface area contributed by atoms with Gasteiger partial charge in [0.1, 0.15) is 0 Å². The minimum atomic E-state index is -0.371. The molecule has 0 aromatic heterocycles. The number of urea groups is 1. The highest BCUT2D eigenvalue weighted by Crippen LogP contribution is 2.32. The van der Waals surface area contributed by atoms with Crippen LogP contribution in [0.4, 0.5) is 10.5 Å². The number of hydrogen-bond acceptors (Lipinski definition) is 4. The Morgan fingerprint density at radius 3 is 2.60 bits per heavy atom. The number of ether oxygens (including phenoxy) is 2. The first-order valence-electron chi connectivity index (χ1n) is 8.36. The molecule has 1 aliphatic heterocycles. The highest BCUT2D eigenvalue weighted by molar-refractivity contribution is 5.89. The van der Waals surface area contributed by atoms with Gasteiger partial charge in [-0.15, -0.1) is 0 Å². The third-order valence-corrected chi connectivity index (χ3v) is 3.89. The second-order valence-corrected chi connectivity index (χ2v) is 5.88. The molecule has 2 aromatic carbocycles. The first-order valence-corrected chi connectivity index (χ1v) is 8.36. The van der Waals surface area contributed by atoms with E-state index in [0.29, 0.717) is 36.8 Å². The van der Waals surface area contributed by atoms with Crippen molar-refractivity contribution in [1.82, 2.24) is 5.32 Å². The van der Waals surface area contributed by atoms with Gasteiger partial charge in [-0.1, -0.05) is 30.3 Å². The largest absolute Gasteiger partial charge is 0.490 e. The number of rotatable bonds is 5. The van der Waals surface area contributed by atoms with E-state index in [1.807, 2.05) is 30.3 Å². The lowest BCUT2D eigenvalue weighted by Crippen LogP contribution is -2.41. The summed E-state index contributed by atoms with van der Waals surface area (Å²) in [5.41, 5.74) is 1.66. The monoisotopic (exact) mass is 342 g/mol. The van der Waals surface area contributed by atoms with Crippen molar-refractivity contribution in [3.63, 3.8) is 0 Å². The number of carbonyl (C=O) groups is 1. The summed E-state index contributed by atoms with van der Waals surface area (Å²) in [4.78, 5) is 12.2. The lowest BCUT2D eigenvalue weighted by Gasteiger charge is -2.17. The van der Waals surface area contributed by atoms with Crippen LogP contribution in [0.2, 0.25) is 0 Å². The molecule has 2 amide bonds. The zero-order valence-corrected chi connectivity index (χ0v) is 13.9. The third-order valence-electron chi connectivity index (χ3n) is 3.89. The quantitative estimate of drug-likeness (QED) is 0.780. The molecule has 6 nitrogen and oxygen atoms in total. The summed E-state index contributed by atoms with van der Waals surface area (Å²) in [7, 11) is 0. The van der Waals surface area contributed by atoms with Crippen LogP contribution >= 0.6 is 0 Å². The number of aliphatic hydroxyl groups excluding tert-OH is 1. The van der Waals surface area contributed by atoms with Crippen LogP contribution < -0.4 is 20.1 Å². The molecule has 0 radical (unpaired) electrons. The fraction of sp³-hybridized carbons (Fsp3) is 0.316. The number of anilines is 1. The first-order chi connectivity index (χ1) is 12.2. The van der Waals surface area contributed by atoms with E-state index in [0.717, 1.165) is 12.0 Å². The maximum Gasteiger partial charge on any atom is 0.319 e. The summed E-state index contributed by atoms with van der Waals surface area (Å²) in [5.74, 6) is 1.30. The second-order valence-electron chi connectivity index (χ2n) is 5.88. The summed E-state index contributed by atoms with van der Waals surface area (Å²) in [6.07, 6.45) is 1.39. The molecule has 1 aliphatic rings. The van der Waals surface area contributed by atoms with E-state index in [2.05, 4.69) is 10.6 Å². The standard InChI is InChI=1S/C19H22N2O4/c22-13-16(11-14-5-2-1-3-6-14)21-19(23)20-15-7-8-17-18(12-15)25-10-4-9-24-17/h1-3,5-8,12,16,22H,4,9-11,13H2,(H2,20,21,23). The molecule has 0 saturated heterocycles. The third kappa shape index (κ3) is 4.87. The number of benzene rings is 2. The summed E-state index contributed by atoms with van der Waals surface area (Å²) >= 11 is 0. The van der Waals surface area contributed by atoms with Crippen LogP contribution in [-0.4, -0.2) is 37.0 Å². The van der Waals surface area contributed by atoms with Crippen molar-refractivity contribution in [2.75, 3.05) is 25.1 Å². The van der Waals surface area contributed by atoms with E-state index < -0.39 is 0 Å². The van der Waals surface area contributed by atoms with Gasteiger partial charge in [-0.2, -0.15) is 0 Å². The van der Waals surface area contributed by atoms with Gasteiger partial charge in [-0.25, -0.2) is 4.79 Å². The maximum atomic E-state index is 12.2. The van der Waals surface area contributed by atoms with E-state index >= 15 is 0 Å². The van der Waals surface area contributed by atoms with Gasteiger partial charge in [-0.3, -0.25) is 0 Å².